The van der Waals surface area contributed by atoms with Gasteiger partial charge in [-0.25, -0.2) is 0 Å². The molecule has 1 aliphatic heterocycles. The van der Waals surface area contributed by atoms with E-state index in [1.807, 2.05) is 32.1 Å². The Hall–Kier alpha value is -2.96. The smallest absolute Gasteiger partial charge is 0.455 e. The Morgan fingerprint density at radius 2 is 1.74 bits per heavy atom. The Labute approximate surface area is 200 Å². The van der Waals surface area contributed by atoms with E-state index in [2.05, 4.69) is 0 Å². The van der Waals surface area contributed by atoms with Gasteiger partial charge < -0.3 is 14.8 Å². The largest absolute Gasteiger partial charge is 0.507 e. The maximum absolute atomic E-state index is 13.5. The standard InChI is InChI=1S/C28H29BO5/c1-16(13-18-7-3-6-10-23(18)30)11-12-24-25-17(2)14-21-26(22(25)15-29(33)34-24)28(32)20-9-5-4-8-19(20)27(21)31/h3-10,13,21-22,24,26,30,33H,11-12,14-15H2,1-2H3/b16-13+/t21-,22+,24-,26-/m1/s1. The van der Waals surface area contributed by atoms with E-state index >= 15 is 0 Å². The number of carbonyl (C=O) groups excluding carboxylic acids is 2. The zero-order valence-electron chi connectivity index (χ0n) is 19.5. The van der Waals surface area contributed by atoms with Crippen molar-refractivity contribution in [1.82, 2.24) is 0 Å². The monoisotopic (exact) mass is 456 g/mol. The molecule has 0 bridgehead atoms. The summed E-state index contributed by atoms with van der Waals surface area (Å²) < 4.78 is 5.99. The van der Waals surface area contributed by atoms with E-state index < -0.39 is 13.0 Å². The molecule has 0 aromatic heterocycles. The minimum absolute atomic E-state index is 0.0127. The van der Waals surface area contributed by atoms with Crippen LogP contribution < -0.4 is 0 Å². The fourth-order valence-electron chi connectivity index (χ4n) is 6.13. The Bertz CT molecular complexity index is 1210. The number of phenolic OH excluding ortho intramolecular Hbond substituents is 1. The summed E-state index contributed by atoms with van der Waals surface area (Å²) in [5, 5.41) is 20.6. The molecule has 0 saturated carbocycles. The lowest BCUT2D eigenvalue weighted by Crippen LogP contribution is -2.50. The van der Waals surface area contributed by atoms with Gasteiger partial charge in [-0.2, -0.15) is 0 Å². The van der Waals surface area contributed by atoms with Crippen molar-refractivity contribution < 1.29 is 24.4 Å². The average molecular weight is 456 g/mol. The molecule has 2 aromatic rings. The number of allylic oxidation sites excluding steroid dienone is 2. The number of Topliss-reactive ketones (excluding diaryl/α,β-unsaturated/α-hetero) is 2. The quantitative estimate of drug-likeness (QED) is 0.494. The summed E-state index contributed by atoms with van der Waals surface area (Å²) in [4.78, 5) is 26.8. The van der Waals surface area contributed by atoms with Gasteiger partial charge in [0.05, 0.1) is 6.10 Å². The summed E-state index contributed by atoms with van der Waals surface area (Å²) in [5.74, 6) is -0.718. The average Bonchev–Trinajstić information content (AvgIpc) is 2.82. The first-order valence-electron chi connectivity index (χ1n) is 12.0. The second-order valence-corrected chi connectivity index (χ2v) is 9.86. The lowest BCUT2D eigenvalue weighted by Gasteiger charge is -2.46. The molecule has 1 saturated heterocycles. The van der Waals surface area contributed by atoms with Crippen LogP contribution in [0, 0.1) is 17.8 Å². The predicted molar refractivity (Wildman–Crippen MR) is 132 cm³/mol. The van der Waals surface area contributed by atoms with E-state index in [0.29, 0.717) is 30.3 Å². The Morgan fingerprint density at radius 1 is 1.06 bits per heavy atom. The molecule has 0 amide bonds. The van der Waals surface area contributed by atoms with Gasteiger partial charge in [0.1, 0.15) is 5.75 Å². The maximum Gasteiger partial charge on any atom is 0.455 e. The van der Waals surface area contributed by atoms with Crippen molar-refractivity contribution in [3.8, 4) is 5.75 Å². The minimum atomic E-state index is -0.965. The SMILES string of the molecule is CC1=C2[C@@H](CC/C(C)=C/c3ccccc3O)OB(O)C[C@@H]2[C@@H]2C(=O)c3ccccc3C(=O)[C@@H]2C1. The molecule has 1 heterocycles. The summed E-state index contributed by atoms with van der Waals surface area (Å²) >= 11 is 0. The van der Waals surface area contributed by atoms with E-state index in [-0.39, 0.29) is 35.3 Å². The van der Waals surface area contributed by atoms with Crippen molar-refractivity contribution in [2.75, 3.05) is 0 Å². The Morgan fingerprint density at radius 3 is 2.47 bits per heavy atom. The molecule has 0 spiro atoms. The summed E-state index contributed by atoms with van der Waals surface area (Å²) in [6, 6.07) is 14.3. The Kier molecular flexibility index (Phi) is 6.05. The number of para-hydroxylation sites is 1. The lowest BCUT2D eigenvalue weighted by atomic mass is 9.54. The minimum Gasteiger partial charge on any atom is -0.507 e. The molecular formula is C28H29BO5. The normalized spacial score (nSPS) is 26.8. The third-order valence-electron chi connectivity index (χ3n) is 7.65. The van der Waals surface area contributed by atoms with Crippen LogP contribution in [0.2, 0.25) is 6.32 Å². The van der Waals surface area contributed by atoms with Gasteiger partial charge in [-0.3, -0.25) is 9.59 Å². The third-order valence-corrected chi connectivity index (χ3v) is 7.65. The first-order chi connectivity index (χ1) is 16.3. The molecule has 34 heavy (non-hydrogen) atoms. The molecule has 0 unspecified atom stereocenters. The van der Waals surface area contributed by atoms with E-state index in [9.17, 15) is 19.7 Å². The van der Waals surface area contributed by atoms with Crippen LogP contribution in [0.25, 0.3) is 6.08 Å². The number of ketones is 2. The Balaban J connectivity index is 1.42. The van der Waals surface area contributed by atoms with E-state index in [4.69, 9.17) is 4.65 Å². The summed E-state index contributed by atoms with van der Waals surface area (Å²) in [7, 11) is -0.965. The fourth-order valence-corrected chi connectivity index (χ4v) is 6.13. The number of fused-ring (bicyclic) bond motifs is 4. The second-order valence-electron chi connectivity index (χ2n) is 9.86. The van der Waals surface area contributed by atoms with Crippen molar-refractivity contribution in [1.29, 1.82) is 0 Å². The number of rotatable bonds is 4. The topological polar surface area (TPSA) is 83.8 Å². The number of hydrogen-bond acceptors (Lipinski definition) is 5. The number of hydrogen-bond donors (Lipinski definition) is 2. The van der Waals surface area contributed by atoms with Crippen molar-refractivity contribution in [3.63, 3.8) is 0 Å². The van der Waals surface area contributed by atoms with Gasteiger partial charge in [-0.1, -0.05) is 59.7 Å². The zero-order chi connectivity index (χ0) is 24.0. The van der Waals surface area contributed by atoms with E-state index in [1.54, 1.807) is 36.4 Å². The van der Waals surface area contributed by atoms with Crippen LogP contribution in [0.5, 0.6) is 5.75 Å². The second kappa shape index (κ2) is 9.01. The third kappa shape index (κ3) is 3.95. The van der Waals surface area contributed by atoms with Gasteiger partial charge >= 0.3 is 7.12 Å². The highest BCUT2D eigenvalue weighted by Crippen LogP contribution is 2.50. The van der Waals surface area contributed by atoms with Crippen molar-refractivity contribution in [3.05, 3.63) is 81.9 Å². The molecule has 6 heteroatoms. The van der Waals surface area contributed by atoms with E-state index in [0.717, 1.165) is 28.7 Å². The van der Waals surface area contributed by atoms with Crippen molar-refractivity contribution in [2.45, 2.75) is 45.5 Å². The molecule has 5 nitrogen and oxygen atoms in total. The molecular weight excluding hydrogens is 427 g/mol. The molecule has 5 rings (SSSR count). The van der Waals surface area contributed by atoms with Crippen LogP contribution in [-0.2, 0) is 4.65 Å². The maximum atomic E-state index is 13.5. The predicted octanol–water partition coefficient (Wildman–Crippen LogP) is 5.10. The number of aromatic hydroxyl groups is 1. The highest BCUT2D eigenvalue weighted by molar-refractivity contribution is 6.43. The highest BCUT2D eigenvalue weighted by atomic mass is 16.5. The molecule has 174 valence electrons. The zero-order valence-corrected chi connectivity index (χ0v) is 19.5. The summed E-state index contributed by atoms with van der Waals surface area (Å²) in [6.45, 7) is 4.05. The van der Waals surface area contributed by atoms with Crippen molar-refractivity contribution >= 4 is 24.8 Å². The molecule has 1 fully saturated rings. The van der Waals surface area contributed by atoms with Crippen molar-refractivity contribution in [2.24, 2.45) is 17.8 Å². The molecule has 0 radical (unpaired) electrons. The number of benzene rings is 2. The summed E-state index contributed by atoms with van der Waals surface area (Å²) in [5.41, 5.74) is 5.08. The van der Waals surface area contributed by atoms with Crippen LogP contribution >= 0.6 is 0 Å². The van der Waals surface area contributed by atoms with Gasteiger partial charge in [0.25, 0.3) is 0 Å². The van der Waals surface area contributed by atoms with Gasteiger partial charge in [-0.15, -0.1) is 0 Å². The fraction of sp³-hybridized carbons (Fsp3) is 0.357. The number of phenols is 1. The molecule has 3 aliphatic rings. The van der Waals surface area contributed by atoms with Crippen LogP contribution in [0.3, 0.4) is 0 Å². The highest BCUT2D eigenvalue weighted by Gasteiger charge is 2.52. The first-order valence-corrected chi connectivity index (χ1v) is 12.0. The molecule has 2 aromatic carbocycles. The number of carbonyl (C=O) groups is 2. The van der Waals surface area contributed by atoms with Crippen LogP contribution in [0.1, 0.15) is 59.4 Å². The van der Waals surface area contributed by atoms with E-state index in [1.165, 1.54) is 0 Å². The van der Waals surface area contributed by atoms with Gasteiger partial charge in [-0.05, 0) is 57.0 Å². The first kappa shape index (κ1) is 22.8. The van der Waals surface area contributed by atoms with Crippen LogP contribution in [-0.4, -0.2) is 34.9 Å². The van der Waals surface area contributed by atoms with Gasteiger partial charge in [0.2, 0.25) is 0 Å². The van der Waals surface area contributed by atoms with Gasteiger partial charge in [0.15, 0.2) is 11.6 Å². The van der Waals surface area contributed by atoms with Gasteiger partial charge in [0, 0.05) is 28.5 Å². The lowest BCUT2D eigenvalue weighted by molar-refractivity contribution is 0.0601. The molecule has 4 atom stereocenters. The van der Waals surface area contributed by atoms with Crippen LogP contribution in [0.15, 0.2) is 65.3 Å². The summed E-state index contributed by atoms with van der Waals surface area (Å²) in [6.07, 6.45) is 3.93. The van der Waals surface area contributed by atoms with Crippen LogP contribution in [0.4, 0.5) is 0 Å². The molecule has 2 aliphatic carbocycles. The molecule has 2 N–H and O–H groups in total.